The molecule has 2 rings (SSSR count). The largest absolute Gasteiger partial charge is 0.387 e. The van der Waals surface area contributed by atoms with Gasteiger partial charge in [-0.15, -0.1) is 0 Å². The lowest BCUT2D eigenvalue weighted by Gasteiger charge is -2.39. The van der Waals surface area contributed by atoms with E-state index in [2.05, 4.69) is 5.32 Å². The van der Waals surface area contributed by atoms with Gasteiger partial charge in [0.15, 0.2) is 0 Å². The standard InChI is InChI=1S/C17H23Cl2N3O3/c1-11-7-13(19)14(8-12(11)18)20-16(24)22-6-4-5-17(25,10-22)9-15(23)21(2)3/h7-8,25H,4-6,9-10H2,1-3H3,(H,20,24). The molecule has 3 amide bonds. The summed E-state index contributed by atoms with van der Waals surface area (Å²) < 4.78 is 0. The normalized spacial score (nSPS) is 20.3. The average Bonchev–Trinajstić information content (AvgIpc) is 2.52. The van der Waals surface area contributed by atoms with Gasteiger partial charge in [0, 0.05) is 25.7 Å². The zero-order chi connectivity index (χ0) is 18.8. The first-order valence-corrected chi connectivity index (χ1v) is 8.81. The second-order valence-corrected chi connectivity index (χ2v) is 7.54. The summed E-state index contributed by atoms with van der Waals surface area (Å²) in [6.07, 6.45) is 1.08. The fourth-order valence-electron chi connectivity index (χ4n) is 2.81. The summed E-state index contributed by atoms with van der Waals surface area (Å²) in [5.41, 5.74) is 0.0195. The van der Waals surface area contributed by atoms with E-state index in [0.29, 0.717) is 35.1 Å². The van der Waals surface area contributed by atoms with Gasteiger partial charge in [-0.2, -0.15) is 0 Å². The summed E-state index contributed by atoms with van der Waals surface area (Å²) in [5.74, 6) is -0.168. The molecule has 1 fully saturated rings. The minimum Gasteiger partial charge on any atom is -0.387 e. The number of carbonyl (C=O) groups excluding carboxylic acids is 2. The van der Waals surface area contributed by atoms with E-state index < -0.39 is 5.60 Å². The monoisotopic (exact) mass is 387 g/mol. The van der Waals surface area contributed by atoms with Crippen molar-refractivity contribution in [3.8, 4) is 0 Å². The van der Waals surface area contributed by atoms with Gasteiger partial charge in [0.1, 0.15) is 0 Å². The molecule has 1 aliphatic rings. The number of nitrogens with one attached hydrogen (secondary N) is 1. The number of β-amino-alcohol motifs (C(OH)–C–C–N with tert-alkyl or cyclic N) is 1. The first-order chi connectivity index (χ1) is 11.6. The van der Waals surface area contributed by atoms with E-state index >= 15 is 0 Å². The Morgan fingerprint density at radius 1 is 1.32 bits per heavy atom. The van der Waals surface area contributed by atoms with Gasteiger partial charge in [-0.3, -0.25) is 4.79 Å². The third kappa shape index (κ3) is 5.00. The summed E-state index contributed by atoms with van der Waals surface area (Å²) in [5, 5.41) is 14.3. The zero-order valence-electron chi connectivity index (χ0n) is 14.6. The van der Waals surface area contributed by atoms with Crippen molar-refractivity contribution in [2.75, 3.05) is 32.5 Å². The molecule has 8 heteroatoms. The molecule has 2 N–H and O–H groups in total. The highest BCUT2D eigenvalue weighted by Crippen LogP contribution is 2.30. The Hall–Kier alpha value is -1.50. The maximum absolute atomic E-state index is 12.5. The first-order valence-electron chi connectivity index (χ1n) is 8.05. The maximum atomic E-state index is 12.5. The Kier molecular flexibility index (Phi) is 6.19. The van der Waals surface area contributed by atoms with Crippen LogP contribution in [-0.4, -0.2) is 59.6 Å². The van der Waals surface area contributed by atoms with Gasteiger partial charge < -0.3 is 20.2 Å². The van der Waals surface area contributed by atoms with E-state index in [0.717, 1.165) is 5.56 Å². The molecule has 1 saturated heterocycles. The summed E-state index contributed by atoms with van der Waals surface area (Å²) in [6.45, 7) is 2.42. The number of carbonyl (C=O) groups is 2. The third-order valence-electron chi connectivity index (χ3n) is 4.31. The smallest absolute Gasteiger partial charge is 0.321 e. The Morgan fingerprint density at radius 3 is 2.64 bits per heavy atom. The number of likely N-dealkylation sites (tertiary alicyclic amines) is 1. The lowest BCUT2D eigenvalue weighted by Crippen LogP contribution is -2.53. The molecule has 1 aromatic rings. The molecular formula is C17H23Cl2N3O3. The van der Waals surface area contributed by atoms with Crippen molar-refractivity contribution in [3.63, 3.8) is 0 Å². The predicted molar refractivity (Wildman–Crippen MR) is 99.3 cm³/mol. The van der Waals surface area contributed by atoms with Crippen molar-refractivity contribution < 1.29 is 14.7 Å². The molecule has 0 radical (unpaired) electrons. The SMILES string of the molecule is Cc1cc(Cl)c(NC(=O)N2CCCC(O)(CC(=O)N(C)C)C2)cc1Cl. The van der Waals surface area contributed by atoms with Crippen LogP contribution in [0.3, 0.4) is 0 Å². The van der Waals surface area contributed by atoms with E-state index in [1.54, 1.807) is 26.2 Å². The number of aryl methyl sites for hydroxylation is 1. The Labute approximate surface area is 157 Å². The highest BCUT2D eigenvalue weighted by molar-refractivity contribution is 6.36. The van der Waals surface area contributed by atoms with Crippen LogP contribution in [0.4, 0.5) is 10.5 Å². The number of piperidine rings is 1. The van der Waals surface area contributed by atoms with E-state index in [-0.39, 0.29) is 24.9 Å². The van der Waals surface area contributed by atoms with Crippen molar-refractivity contribution in [2.24, 2.45) is 0 Å². The first kappa shape index (κ1) is 19.8. The van der Waals surface area contributed by atoms with Crippen LogP contribution in [0.2, 0.25) is 10.0 Å². The minimum absolute atomic E-state index is 0.0130. The van der Waals surface area contributed by atoms with Crippen molar-refractivity contribution in [1.29, 1.82) is 0 Å². The molecule has 1 heterocycles. The Morgan fingerprint density at radius 2 is 2.00 bits per heavy atom. The molecule has 1 atom stereocenters. The molecule has 25 heavy (non-hydrogen) atoms. The highest BCUT2D eigenvalue weighted by atomic mass is 35.5. The number of anilines is 1. The number of hydrogen-bond donors (Lipinski definition) is 2. The molecular weight excluding hydrogens is 365 g/mol. The quantitative estimate of drug-likeness (QED) is 0.836. The lowest BCUT2D eigenvalue weighted by molar-refractivity contribution is -0.135. The van der Waals surface area contributed by atoms with Gasteiger partial charge in [-0.05, 0) is 37.5 Å². The molecule has 1 aliphatic heterocycles. The van der Waals surface area contributed by atoms with Crippen LogP contribution < -0.4 is 5.32 Å². The molecule has 1 unspecified atom stereocenters. The maximum Gasteiger partial charge on any atom is 0.321 e. The van der Waals surface area contributed by atoms with E-state index in [1.807, 2.05) is 6.92 Å². The number of benzene rings is 1. The highest BCUT2D eigenvalue weighted by Gasteiger charge is 2.37. The van der Waals surface area contributed by atoms with Gasteiger partial charge in [0.05, 0.1) is 29.3 Å². The summed E-state index contributed by atoms with van der Waals surface area (Å²) in [6, 6.07) is 2.90. The predicted octanol–water partition coefficient (Wildman–Crippen LogP) is 3.14. The fraction of sp³-hybridized carbons (Fsp3) is 0.529. The van der Waals surface area contributed by atoms with Crippen LogP contribution in [0.5, 0.6) is 0 Å². The van der Waals surface area contributed by atoms with Crippen LogP contribution in [0, 0.1) is 6.92 Å². The van der Waals surface area contributed by atoms with Gasteiger partial charge in [-0.25, -0.2) is 4.79 Å². The van der Waals surface area contributed by atoms with Crippen LogP contribution in [-0.2, 0) is 4.79 Å². The lowest BCUT2D eigenvalue weighted by atomic mass is 9.89. The fourth-order valence-corrected chi connectivity index (χ4v) is 3.24. The van der Waals surface area contributed by atoms with Crippen LogP contribution in [0.25, 0.3) is 0 Å². The number of halogens is 2. The van der Waals surface area contributed by atoms with Gasteiger partial charge >= 0.3 is 6.03 Å². The second kappa shape index (κ2) is 7.81. The Balaban J connectivity index is 2.07. The number of nitrogens with zero attached hydrogens (tertiary/aromatic N) is 2. The number of amides is 3. The van der Waals surface area contributed by atoms with E-state index in [1.165, 1.54) is 9.80 Å². The van der Waals surface area contributed by atoms with E-state index in [9.17, 15) is 14.7 Å². The van der Waals surface area contributed by atoms with E-state index in [4.69, 9.17) is 23.2 Å². The molecule has 0 bridgehead atoms. The topological polar surface area (TPSA) is 72.9 Å². The molecule has 0 saturated carbocycles. The summed E-state index contributed by atoms with van der Waals surface area (Å²) >= 11 is 12.2. The van der Waals surface area contributed by atoms with Crippen molar-refractivity contribution in [2.45, 2.75) is 31.8 Å². The molecule has 1 aromatic carbocycles. The minimum atomic E-state index is -1.22. The molecule has 0 aromatic heterocycles. The van der Waals surface area contributed by atoms with Gasteiger partial charge in [0.25, 0.3) is 0 Å². The second-order valence-electron chi connectivity index (χ2n) is 6.73. The molecule has 0 aliphatic carbocycles. The van der Waals surface area contributed by atoms with Crippen LogP contribution in [0.1, 0.15) is 24.8 Å². The summed E-state index contributed by atoms with van der Waals surface area (Å²) in [7, 11) is 3.28. The van der Waals surface area contributed by atoms with Gasteiger partial charge in [-0.1, -0.05) is 23.2 Å². The summed E-state index contributed by atoms with van der Waals surface area (Å²) in [4.78, 5) is 27.4. The number of rotatable bonds is 3. The average molecular weight is 388 g/mol. The van der Waals surface area contributed by atoms with Crippen molar-refractivity contribution >= 4 is 40.8 Å². The number of hydrogen-bond acceptors (Lipinski definition) is 3. The van der Waals surface area contributed by atoms with Crippen molar-refractivity contribution in [1.82, 2.24) is 9.80 Å². The van der Waals surface area contributed by atoms with Crippen LogP contribution in [0.15, 0.2) is 12.1 Å². The number of aliphatic hydroxyl groups is 1. The third-order valence-corrected chi connectivity index (χ3v) is 5.03. The number of urea groups is 1. The molecule has 0 spiro atoms. The zero-order valence-corrected chi connectivity index (χ0v) is 16.1. The van der Waals surface area contributed by atoms with Crippen LogP contribution >= 0.6 is 23.2 Å². The Bertz CT molecular complexity index is 681. The van der Waals surface area contributed by atoms with Crippen molar-refractivity contribution in [3.05, 3.63) is 27.7 Å². The van der Waals surface area contributed by atoms with Gasteiger partial charge in [0.2, 0.25) is 5.91 Å². The molecule has 138 valence electrons. The molecule has 6 nitrogen and oxygen atoms in total.